The highest BCUT2D eigenvalue weighted by Gasteiger charge is 2.41. The number of rotatable bonds is 10. The minimum Gasteiger partial charge on any atom is -0.379 e. The Kier molecular flexibility index (Phi) is 7.70. The Balaban J connectivity index is 2.77. The zero-order chi connectivity index (χ0) is 15.9. The van der Waals surface area contributed by atoms with Crippen LogP contribution in [0.4, 0.5) is 0 Å². The van der Waals surface area contributed by atoms with E-state index in [9.17, 15) is 0 Å². The highest BCUT2D eigenvalue weighted by atomic mass is 16.5. The molecule has 1 rings (SSSR count). The minimum absolute atomic E-state index is 0.00374. The van der Waals surface area contributed by atoms with Crippen molar-refractivity contribution >= 4 is 0 Å². The van der Waals surface area contributed by atoms with E-state index in [4.69, 9.17) is 4.74 Å². The van der Waals surface area contributed by atoms with Crippen molar-refractivity contribution in [1.82, 2.24) is 5.32 Å². The van der Waals surface area contributed by atoms with Crippen LogP contribution in [0.2, 0.25) is 0 Å². The van der Waals surface area contributed by atoms with Gasteiger partial charge in [0.15, 0.2) is 0 Å². The molecule has 1 unspecified atom stereocenters. The van der Waals surface area contributed by atoms with E-state index in [0.29, 0.717) is 11.5 Å². The van der Waals surface area contributed by atoms with Gasteiger partial charge in [0.1, 0.15) is 0 Å². The molecule has 2 heteroatoms. The molecule has 126 valence electrons. The second-order valence-electron chi connectivity index (χ2n) is 8.18. The van der Waals surface area contributed by atoms with E-state index in [1.807, 2.05) is 7.11 Å². The van der Waals surface area contributed by atoms with E-state index in [1.54, 1.807) is 0 Å². The van der Waals surface area contributed by atoms with Gasteiger partial charge in [0, 0.05) is 13.2 Å². The van der Waals surface area contributed by atoms with Gasteiger partial charge in [0.25, 0.3) is 0 Å². The molecule has 1 saturated carbocycles. The van der Waals surface area contributed by atoms with Crippen LogP contribution in [-0.2, 0) is 4.74 Å². The van der Waals surface area contributed by atoms with Crippen LogP contribution in [0.25, 0.3) is 0 Å². The summed E-state index contributed by atoms with van der Waals surface area (Å²) >= 11 is 0. The van der Waals surface area contributed by atoms with E-state index in [-0.39, 0.29) is 5.60 Å². The molecule has 0 aliphatic heterocycles. The van der Waals surface area contributed by atoms with Gasteiger partial charge in [-0.1, -0.05) is 33.6 Å². The molecule has 1 N–H and O–H groups in total. The summed E-state index contributed by atoms with van der Waals surface area (Å²) in [5.74, 6) is 0.796. The summed E-state index contributed by atoms with van der Waals surface area (Å²) in [5.41, 5.74) is 0.539. The molecule has 1 aliphatic carbocycles. The second-order valence-corrected chi connectivity index (χ2v) is 8.18. The van der Waals surface area contributed by atoms with Crippen molar-refractivity contribution in [3.05, 3.63) is 0 Å². The quantitative estimate of drug-likeness (QED) is 0.601. The Morgan fingerprint density at radius 3 is 2.29 bits per heavy atom. The zero-order valence-corrected chi connectivity index (χ0v) is 15.4. The molecule has 1 fully saturated rings. The van der Waals surface area contributed by atoms with Crippen LogP contribution >= 0.6 is 0 Å². The van der Waals surface area contributed by atoms with E-state index < -0.39 is 0 Å². The number of hydrogen-bond donors (Lipinski definition) is 1. The summed E-state index contributed by atoms with van der Waals surface area (Å²) in [5, 5.41) is 3.90. The van der Waals surface area contributed by atoms with Crippen LogP contribution in [0.5, 0.6) is 0 Å². The standard InChI is InChI=1S/C19H39NO/c1-7-14-20-17(10-13-18(4,5)21-6)19(15-16(2)3)11-8-9-12-19/h16-17,20H,7-15H2,1-6H3. The number of hydrogen-bond acceptors (Lipinski definition) is 2. The van der Waals surface area contributed by atoms with Crippen molar-refractivity contribution < 1.29 is 4.74 Å². The lowest BCUT2D eigenvalue weighted by molar-refractivity contribution is 0.00555. The maximum atomic E-state index is 5.64. The predicted molar refractivity (Wildman–Crippen MR) is 92.8 cm³/mol. The fourth-order valence-electron chi connectivity index (χ4n) is 4.12. The van der Waals surface area contributed by atoms with Crippen LogP contribution in [0.3, 0.4) is 0 Å². The van der Waals surface area contributed by atoms with Crippen molar-refractivity contribution in [2.75, 3.05) is 13.7 Å². The molecule has 1 aliphatic rings. The van der Waals surface area contributed by atoms with Gasteiger partial charge < -0.3 is 10.1 Å². The third-order valence-corrected chi connectivity index (χ3v) is 5.38. The van der Waals surface area contributed by atoms with E-state index >= 15 is 0 Å². The monoisotopic (exact) mass is 297 g/mol. The average Bonchev–Trinajstić information content (AvgIpc) is 2.87. The molecule has 0 aromatic heterocycles. The van der Waals surface area contributed by atoms with E-state index in [2.05, 4.69) is 39.9 Å². The van der Waals surface area contributed by atoms with E-state index in [0.717, 1.165) is 18.9 Å². The summed E-state index contributed by atoms with van der Waals surface area (Å²) in [7, 11) is 1.84. The largest absolute Gasteiger partial charge is 0.379 e. The first-order valence-corrected chi connectivity index (χ1v) is 9.14. The topological polar surface area (TPSA) is 21.3 Å². The van der Waals surface area contributed by atoms with E-state index in [1.165, 1.54) is 44.9 Å². The fraction of sp³-hybridized carbons (Fsp3) is 1.00. The smallest absolute Gasteiger partial charge is 0.0623 e. The summed E-state index contributed by atoms with van der Waals surface area (Å²) in [6, 6.07) is 0.664. The average molecular weight is 298 g/mol. The SMILES string of the molecule is CCCNC(CCC(C)(C)OC)C1(CC(C)C)CCCC1. The molecule has 2 nitrogen and oxygen atoms in total. The van der Waals surface area contributed by atoms with Crippen LogP contribution < -0.4 is 5.32 Å². The predicted octanol–water partition coefficient (Wildman–Crippen LogP) is 5.17. The zero-order valence-electron chi connectivity index (χ0n) is 15.4. The van der Waals surface area contributed by atoms with Gasteiger partial charge >= 0.3 is 0 Å². The molecule has 0 saturated heterocycles. The molecule has 0 radical (unpaired) electrons. The van der Waals surface area contributed by atoms with Crippen molar-refractivity contribution in [3.63, 3.8) is 0 Å². The summed E-state index contributed by atoms with van der Waals surface area (Å²) in [6.07, 6.45) is 10.7. The third kappa shape index (κ3) is 5.90. The first kappa shape index (κ1) is 19.0. The number of nitrogens with one attached hydrogen (secondary N) is 1. The molecule has 0 heterocycles. The van der Waals surface area contributed by atoms with Gasteiger partial charge in [-0.05, 0) is 70.3 Å². The van der Waals surface area contributed by atoms with Crippen LogP contribution in [0, 0.1) is 11.3 Å². The molecule has 0 aromatic carbocycles. The highest BCUT2D eigenvalue weighted by molar-refractivity contribution is 4.96. The summed E-state index contributed by atoms with van der Waals surface area (Å²) in [6.45, 7) is 12.6. The summed E-state index contributed by atoms with van der Waals surface area (Å²) < 4.78 is 5.64. The van der Waals surface area contributed by atoms with Gasteiger partial charge in [-0.3, -0.25) is 0 Å². The number of ether oxygens (including phenoxy) is 1. The third-order valence-electron chi connectivity index (χ3n) is 5.38. The van der Waals surface area contributed by atoms with Crippen molar-refractivity contribution in [3.8, 4) is 0 Å². The second kappa shape index (κ2) is 8.53. The molecule has 0 aromatic rings. The molecular weight excluding hydrogens is 258 g/mol. The lowest BCUT2D eigenvalue weighted by atomic mass is 9.70. The van der Waals surface area contributed by atoms with Crippen LogP contribution in [0.1, 0.15) is 86.0 Å². The van der Waals surface area contributed by atoms with Gasteiger partial charge in [0.2, 0.25) is 0 Å². The van der Waals surface area contributed by atoms with Crippen molar-refractivity contribution in [2.24, 2.45) is 11.3 Å². The Labute approximate surface area is 133 Å². The normalized spacial score (nSPS) is 20.1. The molecule has 0 spiro atoms. The molecule has 0 bridgehead atoms. The Hall–Kier alpha value is -0.0800. The molecule has 1 atom stereocenters. The van der Waals surface area contributed by atoms with Gasteiger partial charge in [0.05, 0.1) is 5.60 Å². The fourth-order valence-corrected chi connectivity index (χ4v) is 4.12. The Morgan fingerprint density at radius 1 is 1.19 bits per heavy atom. The number of methoxy groups -OCH3 is 1. The van der Waals surface area contributed by atoms with Gasteiger partial charge in [-0.25, -0.2) is 0 Å². The van der Waals surface area contributed by atoms with Gasteiger partial charge in [-0.15, -0.1) is 0 Å². The maximum Gasteiger partial charge on any atom is 0.0623 e. The molecule has 21 heavy (non-hydrogen) atoms. The van der Waals surface area contributed by atoms with Crippen LogP contribution in [0.15, 0.2) is 0 Å². The Morgan fingerprint density at radius 2 is 1.81 bits per heavy atom. The van der Waals surface area contributed by atoms with Crippen molar-refractivity contribution in [1.29, 1.82) is 0 Å². The van der Waals surface area contributed by atoms with Crippen molar-refractivity contribution in [2.45, 2.75) is 97.6 Å². The first-order valence-electron chi connectivity index (χ1n) is 9.14. The van der Waals surface area contributed by atoms with Crippen LogP contribution in [-0.4, -0.2) is 25.3 Å². The highest BCUT2D eigenvalue weighted by Crippen LogP contribution is 2.47. The maximum absolute atomic E-state index is 5.64. The lowest BCUT2D eigenvalue weighted by Gasteiger charge is -2.41. The Bertz CT molecular complexity index is 279. The summed E-state index contributed by atoms with van der Waals surface area (Å²) in [4.78, 5) is 0. The lowest BCUT2D eigenvalue weighted by Crippen LogP contribution is -2.46. The molecule has 0 amide bonds. The minimum atomic E-state index is 0.00374. The molecular formula is C19H39NO. The first-order chi connectivity index (χ1) is 9.85. The van der Waals surface area contributed by atoms with Gasteiger partial charge in [-0.2, -0.15) is 0 Å².